The number of aromatic nitrogens is 3. The summed E-state index contributed by atoms with van der Waals surface area (Å²) in [5.41, 5.74) is 3.43. The predicted molar refractivity (Wildman–Crippen MR) is 157 cm³/mol. The molecule has 1 aliphatic rings. The van der Waals surface area contributed by atoms with Crippen molar-refractivity contribution in [2.45, 2.75) is 55.2 Å². The molecule has 0 saturated heterocycles. The number of thioether (sulfide) groups is 1. The fourth-order valence-corrected chi connectivity index (χ4v) is 6.56. The molecule has 39 heavy (non-hydrogen) atoms. The van der Waals surface area contributed by atoms with Crippen LogP contribution in [0.4, 0.5) is 11.4 Å². The van der Waals surface area contributed by atoms with E-state index in [-0.39, 0.29) is 29.5 Å². The van der Waals surface area contributed by atoms with Crippen LogP contribution in [0.3, 0.4) is 0 Å². The number of aryl methyl sites for hydroxylation is 1. The number of amides is 2. The van der Waals surface area contributed by atoms with Crippen LogP contribution < -0.4 is 10.2 Å². The fourth-order valence-electron chi connectivity index (χ4n) is 4.64. The first-order valence-electron chi connectivity index (χ1n) is 13.0. The van der Waals surface area contributed by atoms with Gasteiger partial charge in [0.2, 0.25) is 5.91 Å². The molecule has 1 N–H and O–H groups in total. The van der Waals surface area contributed by atoms with Gasteiger partial charge in [0, 0.05) is 21.9 Å². The van der Waals surface area contributed by atoms with Crippen LogP contribution in [0.15, 0.2) is 87.7 Å². The highest BCUT2D eigenvalue weighted by Gasteiger charge is 2.30. The third-order valence-electron chi connectivity index (χ3n) is 6.58. The van der Waals surface area contributed by atoms with E-state index in [4.69, 9.17) is 0 Å². The highest BCUT2D eigenvalue weighted by Crippen LogP contribution is 2.48. The summed E-state index contributed by atoms with van der Waals surface area (Å²) < 4.78 is 1.99. The molecule has 5 rings (SSSR count). The second-order valence-corrected chi connectivity index (χ2v) is 11.7. The number of hydrogen-bond donors (Lipinski definition) is 1. The predicted octanol–water partition coefficient (Wildman–Crippen LogP) is 6.66. The highest BCUT2D eigenvalue weighted by molar-refractivity contribution is 8.00. The molecular formula is C30H31N5O2S2. The molecule has 0 bridgehead atoms. The average molecular weight is 558 g/mol. The van der Waals surface area contributed by atoms with Crippen LogP contribution in [0, 0.1) is 12.8 Å². The lowest BCUT2D eigenvalue weighted by atomic mass is 10.0. The molecule has 0 fully saturated rings. The first-order chi connectivity index (χ1) is 18.9. The van der Waals surface area contributed by atoms with Crippen molar-refractivity contribution in [3.05, 3.63) is 89.7 Å². The number of rotatable bonds is 8. The normalized spacial score (nSPS) is 13.1. The first kappa shape index (κ1) is 27.0. The van der Waals surface area contributed by atoms with E-state index >= 15 is 0 Å². The van der Waals surface area contributed by atoms with Gasteiger partial charge >= 0.3 is 0 Å². The van der Waals surface area contributed by atoms with Crippen LogP contribution in [0.25, 0.3) is 0 Å². The van der Waals surface area contributed by atoms with Crippen molar-refractivity contribution in [2.24, 2.45) is 5.92 Å². The Kier molecular flexibility index (Phi) is 8.09. The molecule has 1 aliphatic heterocycles. The molecule has 2 heterocycles. The Labute approximate surface area is 237 Å². The maximum absolute atomic E-state index is 13.7. The molecule has 9 heteroatoms. The summed E-state index contributed by atoms with van der Waals surface area (Å²) >= 11 is 3.04. The summed E-state index contributed by atoms with van der Waals surface area (Å²) in [7, 11) is 0. The lowest BCUT2D eigenvalue weighted by Crippen LogP contribution is -2.34. The molecule has 0 spiro atoms. The highest BCUT2D eigenvalue weighted by atomic mass is 32.2. The standard InChI is InChI=1S/C30H31N5O2S2/c1-5-34-28(27(19(2)3)31-29(37)21-12-10-11-20(4)17-21)32-33-30(34)38-18-26(36)35-22-13-6-8-15-24(22)39-25-16-9-7-14-23(25)35/h6-17,19,27H,5,18H2,1-4H3,(H,31,37)/t27-/m1/s1. The molecular weight excluding hydrogens is 526 g/mol. The van der Waals surface area contributed by atoms with Crippen molar-refractivity contribution in [3.8, 4) is 0 Å². The molecule has 7 nitrogen and oxygen atoms in total. The van der Waals surface area contributed by atoms with Crippen molar-refractivity contribution >= 4 is 46.7 Å². The van der Waals surface area contributed by atoms with Crippen LogP contribution in [-0.2, 0) is 11.3 Å². The molecule has 3 aromatic carbocycles. The van der Waals surface area contributed by atoms with Crippen molar-refractivity contribution < 1.29 is 9.59 Å². The van der Waals surface area contributed by atoms with Gasteiger partial charge in [-0.15, -0.1) is 10.2 Å². The van der Waals surface area contributed by atoms with Gasteiger partial charge in [-0.3, -0.25) is 14.5 Å². The van der Waals surface area contributed by atoms with Crippen molar-refractivity contribution in [2.75, 3.05) is 10.7 Å². The second-order valence-electron chi connectivity index (χ2n) is 9.70. The van der Waals surface area contributed by atoms with Crippen LogP contribution in [0.5, 0.6) is 0 Å². The van der Waals surface area contributed by atoms with E-state index < -0.39 is 0 Å². The molecule has 1 aromatic heterocycles. The van der Waals surface area contributed by atoms with Crippen molar-refractivity contribution in [1.82, 2.24) is 20.1 Å². The van der Waals surface area contributed by atoms with Gasteiger partial charge in [0.25, 0.3) is 5.91 Å². The summed E-state index contributed by atoms with van der Waals surface area (Å²) in [4.78, 5) is 30.6. The Morgan fingerprint density at radius 2 is 1.62 bits per heavy atom. The third-order valence-corrected chi connectivity index (χ3v) is 8.66. The van der Waals surface area contributed by atoms with E-state index in [9.17, 15) is 9.59 Å². The van der Waals surface area contributed by atoms with Gasteiger partial charge < -0.3 is 9.88 Å². The summed E-state index contributed by atoms with van der Waals surface area (Å²) in [6.45, 7) is 8.71. The lowest BCUT2D eigenvalue weighted by molar-refractivity contribution is -0.115. The van der Waals surface area contributed by atoms with E-state index in [1.165, 1.54) is 11.8 Å². The molecule has 2 amide bonds. The summed E-state index contributed by atoms with van der Waals surface area (Å²) in [6, 6.07) is 23.2. The minimum absolute atomic E-state index is 0.0273. The fraction of sp³-hybridized carbons (Fsp3) is 0.267. The largest absolute Gasteiger partial charge is 0.342 e. The number of hydrogen-bond acceptors (Lipinski definition) is 6. The van der Waals surface area contributed by atoms with Gasteiger partial charge in [-0.25, -0.2) is 0 Å². The van der Waals surface area contributed by atoms with Gasteiger partial charge in [0.05, 0.1) is 23.2 Å². The van der Waals surface area contributed by atoms with E-state index in [0.717, 1.165) is 26.7 Å². The smallest absolute Gasteiger partial charge is 0.251 e. The van der Waals surface area contributed by atoms with Gasteiger partial charge in [0.1, 0.15) is 0 Å². The number of nitrogens with one attached hydrogen (secondary N) is 1. The van der Waals surface area contributed by atoms with E-state index in [2.05, 4.69) is 29.4 Å². The lowest BCUT2D eigenvalue weighted by Gasteiger charge is -2.31. The number of carbonyl (C=O) groups excluding carboxylic acids is 2. The monoisotopic (exact) mass is 557 g/mol. The van der Waals surface area contributed by atoms with Crippen molar-refractivity contribution in [1.29, 1.82) is 0 Å². The number of fused-ring (bicyclic) bond motifs is 2. The van der Waals surface area contributed by atoms with E-state index in [1.807, 2.05) is 91.2 Å². The number of carbonyl (C=O) groups is 2. The summed E-state index contributed by atoms with van der Waals surface area (Å²) in [6.07, 6.45) is 0. The molecule has 0 radical (unpaired) electrons. The maximum Gasteiger partial charge on any atom is 0.251 e. The minimum atomic E-state index is -0.326. The number of para-hydroxylation sites is 2. The van der Waals surface area contributed by atoms with Crippen LogP contribution in [0.1, 0.15) is 48.6 Å². The molecule has 4 aromatic rings. The Balaban J connectivity index is 1.36. The van der Waals surface area contributed by atoms with Gasteiger partial charge in [-0.2, -0.15) is 0 Å². The number of anilines is 2. The van der Waals surface area contributed by atoms with Crippen LogP contribution >= 0.6 is 23.5 Å². The third kappa shape index (κ3) is 5.60. The SMILES string of the molecule is CCn1c(SCC(=O)N2c3ccccc3Sc3ccccc32)nnc1[C@H](NC(=O)c1cccc(C)c1)C(C)C. The van der Waals surface area contributed by atoms with Gasteiger partial charge in [-0.05, 0) is 56.2 Å². The first-order valence-corrected chi connectivity index (χ1v) is 14.8. The Morgan fingerprint density at radius 1 is 0.949 bits per heavy atom. The zero-order chi connectivity index (χ0) is 27.5. The zero-order valence-corrected chi connectivity index (χ0v) is 24.1. The molecule has 200 valence electrons. The number of nitrogens with zero attached hydrogens (tertiary/aromatic N) is 4. The van der Waals surface area contributed by atoms with Gasteiger partial charge in [0.15, 0.2) is 11.0 Å². The Hall–Kier alpha value is -3.56. The minimum Gasteiger partial charge on any atom is -0.342 e. The molecule has 0 saturated carbocycles. The Morgan fingerprint density at radius 3 is 2.23 bits per heavy atom. The average Bonchev–Trinajstić information content (AvgIpc) is 3.35. The summed E-state index contributed by atoms with van der Waals surface area (Å²) in [5.74, 6) is 0.807. The zero-order valence-electron chi connectivity index (χ0n) is 22.4. The van der Waals surface area contributed by atoms with Gasteiger partial charge in [-0.1, -0.05) is 79.3 Å². The van der Waals surface area contributed by atoms with Crippen molar-refractivity contribution in [3.63, 3.8) is 0 Å². The summed E-state index contributed by atoms with van der Waals surface area (Å²) in [5, 5.41) is 12.7. The van der Waals surface area contributed by atoms with E-state index in [1.54, 1.807) is 16.7 Å². The quantitative estimate of drug-likeness (QED) is 0.244. The topological polar surface area (TPSA) is 80.1 Å². The van der Waals surface area contributed by atoms with Crippen LogP contribution in [-0.4, -0.2) is 32.3 Å². The van der Waals surface area contributed by atoms with E-state index in [0.29, 0.717) is 23.1 Å². The second kappa shape index (κ2) is 11.7. The maximum atomic E-state index is 13.7. The molecule has 1 atom stereocenters. The molecule has 0 unspecified atom stereocenters. The number of benzene rings is 3. The Bertz CT molecular complexity index is 1470. The molecule has 0 aliphatic carbocycles. The van der Waals surface area contributed by atoms with Crippen LogP contribution in [0.2, 0.25) is 0 Å².